The van der Waals surface area contributed by atoms with E-state index in [0.717, 1.165) is 16.0 Å². The molecule has 2 aromatic carbocycles. The topological polar surface area (TPSA) is 93.7 Å². The van der Waals surface area contributed by atoms with Gasteiger partial charge in [0.2, 0.25) is 7.37 Å². The lowest BCUT2D eigenvalue weighted by Gasteiger charge is -2.21. The van der Waals surface area contributed by atoms with Crippen molar-refractivity contribution in [1.82, 2.24) is 0 Å². The molecule has 35 heavy (non-hydrogen) atoms. The number of carbonyl (C=O) groups excluding carboxylic acids is 2. The standard InChI is InChI=1S/C26H31N2O5PS/c1-6-32-34(5,31)17-18-9-11-19(12-10-18)24(29)27-22-16-20(23-8-7-15-35-23)13-14-21(22)28-25(30)33-26(2,3)4/h7-16H,6,17H2,1-5H3,(H,27,29)(H,28,30). The number of hydrogen-bond acceptors (Lipinski definition) is 6. The summed E-state index contributed by atoms with van der Waals surface area (Å²) < 4.78 is 23.1. The summed E-state index contributed by atoms with van der Waals surface area (Å²) in [5.74, 6) is -0.336. The number of carbonyl (C=O) groups is 2. The molecule has 0 fully saturated rings. The van der Waals surface area contributed by atoms with Gasteiger partial charge in [-0.15, -0.1) is 11.3 Å². The molecule has 0 aliphatic carbocycles. The molecule has 3 aromatic rings. The Morgan fingerprint density at radius 3 is 2.31 bits per heavy atom. The van der Waals surface area contributed by atoms with E-state index in [1.165, 1.54) is 0 Å². The molecule has 0 aliphatic heterocycles. The van der Waals surface area contributed by atoms with Crippen LogP contribution < -0.4 is 10.6 Å². The summed E-state index contributed by atoms with van der Waals surface area (Å²) in [6, 6.07) is 16.3. The van der Waals surface area contributed by atoms with Crippen LogP contribution in [0.25, 0.3) is 10.4 Å². The van der Waals surface area contributed by atoms with E-state index in [9.17, 15) is 14.2 Å². The van der Waals surface area contributed by atoms with Gasteiger partial charge in [-0.3, -0.25) is 14.7 Å². The van der Waals surface area contributed by atoms with Gasteiger partial charge < -0.3 is 14.6 Å². The van der Waals surface area contributed by atoms with Gasteiger partial charge >= 0.3 is 6.09 Å². The average Bonchev–Trinajstić information content (AvgIpc) is 3.28. The fourth-order valence-corrected chi connectivity index (χ4v) is 5.61. The molecule has 3 rings (SSSR count). The van der Waals surface area contributed by atoms with Gasteiger partial charge in [0, 0.05) is 23.3 Å². The van der Waals surface area contributed by atoms with Crippen molar-refractivity contribution in [3.05, 3.63) is 71.1 Å². The number of benzene rings is 2. The fourth-order valence-electron chi connectivity index (χ4n) is 3.37. The number of anilines is 2. The van der Waals surface area contributed by atoms with Crippen molar-refractivity contribution in [2.75, 3.05) is 23.9 Å². The van der Waals surface area contributed by atoms with Gasteiger partial charge in [0.25, 0.3) is 5.91 Å². The third-order valence-electron chi connectivity index (χ3n) is 4.80. The molecule has 2 amide bonds. The molecule has 7 nitrogen and oxygen atoms in total. The van der Waals surface area contributed by atoms with Gasteiger partial charge in [-0.25, -0.2) is 4.79 Å². The Hall–Kier alpha value is -2.93. The van der Waals surface area contributed by atoms with Crippen LogP contribution in [0, 0.1) is 0 Å². The zero-order valence-corrected chi connectivity index (χ0v) is 22.3. The molecule has 1 atom stereocenters. The largest absolute Gasteiger partial charge is 0.444 e. The first-order valence-electron chi connectivity index (χ1n) is 11.2. The van der Waals surface area contributed by atoms with E-state index in [-0.39, 0.29) is 5.91 Å². The van der Waals surface area contributed by atoms with E-state index in [1.54, 1.807) is 69.1 Å². The highest BCUT2D eigenvalue weighted by Crippen LogP contribution is 2.46. The van der Waals surface area contributed by atoms with Crippen LogP contribution in [0.5, 0.6) is 0 Å². The maximum absolute atomic E-state index is 13.0. The Labute approximate surface area is 210 Å². The summed E-state index contributed by atoms with van der Waals surface area (Å²) in [4.78, 5) is 26.5. The van der Waals surface area contributed by atoms with E-state index >= 15 is 0 Å². The third kappa shape index (κ3) is 8.06. The minimum absolute atomic E-state index is 0.301. The Balaban J connectivity index is 1.82. The first-order chi connectivity index (χ1) is 16.5. The summed E-state index contributed by atoms with van der Waals surface area (Å²) >= 11 is 1.58. The number of rotatable bonds is 8. The lowest BCUT2D eigenvalue weighted by atomic mass is 10.1. The van der Waals surface area contributed by atoms with Crippen LogP contribution in [0.4, 0.5) is 16.2 Å². The predicted octanol–water partition coefficient (Wildman–Crippen LogP) is 7.46. The van der Waals surface area contributed by atoms with Crippen LogP contribution in [-0.2, 0) is 20.0 Å². The normalized spacial score (nSPS) is 13.1. The van der Waals surface area contributed by atoms with E-state index < -0.39 is 19.1 Å². The van der Waals surface area contributed by atoms with Crippen molar-refractivity contribution >= 4 is 42.1 Å². The minimum Gasteiger partial charge on any atom is -0.444 e. The second-order valence-electron chi connectivity index (χ2n) is 9.11. The Morgan fingerprint density at radius 2 is 1.71 bits per heavy atom. The summed E-state index contributed by atoms with van der Waals surface area (Å²) in [6.07, 6.45) is -0.310. The summed E-state index contributed by atoms with van der Waals surface area (Å²) in [5.41, 5.74) is 2.39. The SMILES string of the molecule is CCOP(C)(=O)Cc1ccc(C(=O)Nc2cc(-c3cccs3)ccc2NC(=O)OC(C)(C)C)cc1. The maximum Gasteiger partial charge on any atom is 0.412 e. The molecule has 186 valence electrons. The van der Waals surface area contributed by atoms with Crippen LogP contribution in [0.3, 0.4) is 0 Å². The number of thiophene rings is 1. The molecule has 1 aromatic heterocycles. The molecule has 1 heterocycles. The van der Waals surface area contributed by atoms with Gasteiger partial charge in [-0.2, -0.15) is 0 Å². The van der Waals surface area contributed by atoms with E-state index in [1.807, 2.05) is 36.6 Å². The van der Waals surface area contributed by atoms with E-state index in [0.29, 0.717) is 29.7 Å². The molecule has 0 saturated heterocycles. The smallest absolute Gasteiger partial charge is 0.412 e. The zero-order valence-electron chi connectivity index (χ0n) is 20.6. The van der Waals surface area contributed by atoms with Crippen molar-refractivity contribution in [1.29, 1.82) is 0 Å². The number of amides is 2. The number of nitrogens with one attached hydrogen (secondary N) is 2. The number of ether oxygens (including phenoxy) is 1. The molecule has 0 spiro atoms. The first kappa shape index (κ1) is 26.7. The highest BCUT2D eigenvalue weighted by atomic mass is 32.1. The molecular weight excluding hydrogens is 483 g/mol. The molecule has 2 N–H and O–H groups in total. The van der Waals surface area contributed by atoms with Crippen LogP contribution in [0.1, 0.15) is 43.6 Å². The van der Waals surface area contributed by atoms with Crippen LogP contribution >= 0.6 is 18.7 Å². The van der Waals surface area contributed by atoms with Crippen molar-refractivity contribution in [2.45, 2.75) is 39.5 Å². The van der Waals surface area contributed by atoms with E-state index in [4.69, 9.17) is 9.26 Å². The second-order valence-corrected chi connectivity index (χ2v) is 12.7. The zero-order chi connectivity index (χ0) is 25.6. The monoisotopic (exact) mass is 514 g/mol. The van der Waals surface area contributed by atoms with Crippen molar-refractivity contribution in [2.24, 2.45) is 0 Å². The summed E-state index contributed by atoms with van der Waals surface area (Å²) in [5, 5.41) is 7.60. The van der Waals surface area contributed by atoms with E-state index in [2.05, 4.69) is 10.6 Å². The maximum atomic E-state index is 13.0. The molecule has 0 radical (unpaired) electrons. The first-order valence-corrected chi connectivity index (χ1v) is 14.4. The third-order valence-corrected chi connectivity index (χ3v) is 7.46. The summed E-state index contributed by atoms with van der Waals surface area (Å²) in [7, 11) is -2.72. The number of hydrogen-bond donors (Lipinski definition) is 2. The van der Waals surface area contributed by atoms with Gasteiger partial charge in [0.15, 0.2) is 0 Å². The fraction of sp³-hybridized carbons (Fsp3) is 0.308. The Bertz CT molecular complexity index is 1220. The van der Waals surface area contributed by atoms with Crippen LogP contribution in [-0.4, -0.2) is 30.9 Å². The van der Waals surface area contributed by atoms with Crippen LogP contribution in [0.2, 0.25) is 0 Å². The van der Waals surface area contributed by atoms with Gasteiger partial charge in [0.05, 0.1) is 18.0 Å². The predicted molar refractivity (Wildman–Crippen MR) is 143 cm³/mol. The Kier molecular flexibility index (Phi) is 8.54. The highest BCUT2D eigenvalue weighted by Gasteiger charge is 2.19. The lowest BCUT2D eigenvalue weighted by Crippen LogP contribution is -2.27. The quantitative estimate of drug-likeness (QED) is 0.304. The van der Waals surface area contributed by atoms with Gasteiger partial charge in [-0.05, 0) is 74.5 Å². The van der Waals surface area contributed by atoms with Gasteiger partial charge in [-0.1, -0.05) is 24.3 Å². The van der Waals surface area contributed by atoms with Crippen molar-refractivity contribution in [3.8, 4) is 10.4 Å². The second kappa shape index (κ2) is 11.2. The lowest BCUT2D eigenvalue weighted by molar-refractivity contribution is 0.0635. The molecule has 0 aliphatic rings. The van der Waals surface area contributed by atoms with Crippen molar-refractivity contribution < 1.29 is 23.4 Å². The van der Waals surface area contributed by atoms with Gasteiger partial charge in [0.1, 0.15) is 5.60 Å². The average molecular weight is 515 g/mol. The van der Waals surface area contributed by atoms with Crippen molar-refractivity contribution in [3.63, 3.8) is 0 Å². The molecule has 0 bridgehead atoms. The summed E-state index contributed by atoms with van der Waals surface area (Å²) in [6.45, 7) is 9.15. The van der Waals surface area contributed by atoms with Crippen LogP contribution in [0.15, 0.2) is 60.0 Å². The molecule has 9 heteroatoms. The highest BCUT2D eigenvalue weighted by molar-refractivity contribution is 7.57. The molecule has 1 unspecified atom stereocenters. The molecule has 0 saturated carbocycles. The molecular formula is C26H31N2O5PS. The Morgan fingerprint density at radius 1 is 1.00 bits per heavy atom. The minimum atomic E-state index is -2.72.